The van der Waals surface area contributed by atoms with Crippen molar-refractivity contribution in [1.29, 1.82) is 0 Å². The van der Waals surface area contributed by atoms with E-state index in [9.17, 15) is 18.0 Å². The lowest BCUT2D eigenvalue weighted by molar-refractivity contribution is -0.142. The van der Waals surface area contributed by atoms with Gasteiger partial charge < -0.3 is 5.32 Å². The number of halogens is 3. The maximum atomic E-state index is 13.8. The largest absolute Gasteiger partial charge is 0.433 e. The van der Waals surface area contributed by atoms with Crippen molar-refractivity contribution in [2.24, 2.45) is 0 Å². The standard InChI is InChI=1S/C23H23F3N6O/c1-5-31-14(4)19(12-27-31)30-22(33)17-11-28-32-20(23(24,25)26)10-18(29-21(17)32)16-8-6-15(7-9-16)13(2)3/h6-13H,5H2,1-4H3,(H,30,33). The van der Waals surface area contributed by atoms with E-state index in [-0.39, 0.29) is 22.8 Å². The molecule has 172 valence electrons. The van der Waals surface area contributed by atoms with E-state index in [2.05, 4.69) is 20.5 Å². The van der Waals surface area contributed by atoms with E-state index < -0.39 is 17.8 Å². The Labute approximate surface area is 188 Å². The molecule has 1 aromatic carbocycles. The van der Waals surface area contributed by atoms with Crippen LogP contribution in [0.3, 0.4) is 0 Å². The molecule has 0 aliphatic carbocycles. The zero-order valence-electron chi connectivity index (χ0n) is 18.6. The molecule has 3 heterocycles. The fourth-order valence-corrected chi connectivity index (χ4v) is 3.59. The van der Waals surface area contributed by atoms with E-state index in [0.29, 0.717) is 22.3 Å². The Bertz CT molecular complexity index is 1320. The Balaban J connectivity index is 1.81. The number of hydrogen-bond acceptors (Lipinski definition) is 4. The first kappa shape index (κ1) is 22.5. The highest BCUT2D eigenvalue weighted by molar-refractivity contribution is 6.08. The quantitative estimate of drug-likeness (QED) is 0.441. The Morgan fingerprint density at radius 3 is 2.39 bits per heavy atom. The number of aryl methyl sites for hydroxylation is 1. The Kier molecular flexibility index (Phi) is 5.69. The highest BCUT2D eigenvalue weighted by Crippen LogP contribution is 2.33. The van der Waals surface area contributed by atoms with Crippen LogP contribution in [-0.2, 0) is 12.7 Å². The molecule has 3 aromatic heterocycles. The first-order valence-corrected chi connectivity index (χ1v) is 10.5. The van der Waals surface area contributed by atoms with Crippen LogP contribution >= 0.6 is 0 Å². The number of aromatic nitrogens is 5. The molecule has 0 atom stereocenters. The third-order valence-corrected chi connectivity index (χ3v) is 5.53. The van der Waals surface area contributed by atoms with Crippen LogP contribution in [-0.4, -0.2) is 30.3 Å². The van der Waals surface area contributed by atoms with Gasteiger partial charge in [-0.05, 0) is 31.4 Å². The summed E-state index contributed by atoms with van der Waals surface area (Å²) in [6.45, 7) is 8.39. The summed E-state index contributed by atoms with van der Waals surface area (Å²) in [7, 11) is 0. The molecule has 4 rings (SSSR count). The van der Waals surface area contributed by atoms with Crippen molar-refractivity contribution in [3.05, 3.63) is 65.2 Å². The minimum Gasteiger partial charge on any atom is -0.319 e. The molecule has 33 heavy (non-hydrogen) atoms. The van der Waals surface area contributed by atoms with E-state index in [4.69, 9.17) is 0 Å². The lowest BCUT2D eigenvalue weighted by Gasteiger charge is -2.12. The van der Waals surface area contributed by atoms with Gasteiger partial charge in [0, 0.05) is 12.1 Å². The Morgan fingerprint density at radius 2 is 1.82 bits per heavy atom. The molecule has 0 radical (unpaired) electrons. The van der Waals surface area contributed by atoms with E-state index in [1.54, 1.807) is 23.7 Å². The monoisotopic (exact) mass is 456 g/mol. The molecular formula is C23H23F3N6O. The van der Waals surface area contributed by atoms with Gasteiger partial charge in [0.15, 0.2) is 11.3 Å². The molecule has 0 bridgehead atoms. The minimum atomic E-state index is -4.69. The van der Waals surface area contributed by atoms with Crippen molar-refractivity contribution >= 4 is 17.2 Å². The molecule has 1 N–H and O–H groups in total. The van der Waals surface area contributed by atoms with E-state index in [0.717, 1.165) is 23.5 Å². The Hall–Kier alpha value is -3.69. The molecule has 0 aliphatic heterocycles. The van der Waals surface area contributed by atoms with Gasteiger partial charge in [-0.3, -0.25) is 9.48 Å². The number of carbonyl (C=O) groups is 1. The van der Waals surface area contributed by atoms with Crippen molar-refractivity contribution in [1.82, 2.24) is 24.4 Å². The summed E-state index contributed by atoms with van der Waals surface area (Å²) in [6.07, 6.45) is -2.09. The SMILES string of the molecule is CCn1ncc(NC(=O)c2cnn3c(C(F)(F)F)cc(-c4ccc(C(C)C)cc4)nc23)c1C. The maximum Gasteiger partial charge on any atom is 0.433 e. The van der Waals surface area contributed by atoms with Gasteiger partial charge in [0.2, 0.25) is 0 Å². The number of fused-ring (bicyclic) bond motifs is 1. The number of hydrogen-bond donors (Lipinski definition) is 1. The van der Waals surface area contributed by atoms with Gasteiger partial charge in [0.25, 0.3) is 5.91 Å². The summed E-state index contributed by atoms with van der Waals surface area (Å²) >= 11 is 0. The van der Waals surface area contributed by atoms with Gasteiger partial charge in [0.1, 0.15) is 5.56 Å². The van der Waals surface area contributed by atoms with Crippen molar-refractivity contribution in [3.63, 3.8) is 0 Å². The summed E-state index contributed by atoms with van der Waals surface area (Å²) in [6, 6.07) is 8.12. The first-order valence-electron chi connectivity index (χ1n) is 10.5. The van der Waals surface area contributed by atoms with Gasteiger partial charge in [-0.25, -0.2) is 9.50 Å². The predicted octanol–water partition coefficient (Wildman–Crippen LogP) is 5.32. The van der Waals surface area contributed by atoms with Gasteiger partial charge in [0.05, 0.1) is 29.5 Å². The van der Waals surface area contributed by atoms with Crippen LogP contribution < -0.4 is 5.32 Å². The van der Waals surface area contributed by atoms with E-state index >= 15 is 0 Å². The molecule has 7 nitrogen and oxygen atoms in total. The summed E-state index contributed by atoms with van der Waals surface area (Å²) in [4.78, 5) is 17.3. The van der Waals surface area contributed by atoms with Crippen LogP contribution in [0.4, 0.5) is 18.9 Å². The number of benzene rings is 1. The van der Waals surface area contributed by atoms with Crippen molar-refractivity contribution in [2.45, 2.75) is 46.3 Å². The highest BCUT2D eigenvalue weighted by atomic mass is 19.4. The number of nitrogens with zero attached hydrogens (tertiary/aromatic N) is 5. The normalized spacial score (nSPS) is 12.0. The second kappa shape index (κ2) is 8.34. The molecule has 0 fully saturated rings. The average Bonchev–Trinajstić information content (AvgIpc) is 3.35. The zero-order chi connectivity index (χ0) is 23.9. The summed E-state index contributed by atoms with van der Waals surface area (Å²) < 4.78 is 43.9. The predicted molar refractivity (Wildman–Crippen MR) is 118 cm³/mol. The number of amides is 1. The fraction of sp³-hybridized carbons (Fsp3) is 0.304. The van der Waals surface area contributed by atoms with Gasteiger partial charge in [-0.15, -0.1) is 0 Å². The first-order chi connectivity index (χ1) is 15.6. The van der Waals surface area contributed by atoms with Crippen LogP contribution in [0.15, 0.2) is 42.7 Å². The third kappa shape index (κ3) is 4.20. The second-order valence-electron chi connectivity index (χ2n) is 8.01. The third-order valence-electron chi connectivity index (χ3n) is 5.53. The molecular weight excluding hydrogens is 433 g/mol. The summed E-state index contributed by atoms with van der Waals surface area (Å²) in [5.74, 6) is -0.331. The molecule has 0 spiro atoms. The van der Waals surface area contributed by atoms with Crippen molar-refractivity contribution in [3.8, 4) is 11.3 Å². The lowest BCUT2D eigenvalue weighted by Crippen LogP contribution is -2.16. The van der Waals surface area contributed by atoms with E-state index in [1.165, 1.54) is 6.20 Å². The number of nitrogens with one attached hydrogen (secondary N) is 1. The van der Waals surface area contributed by atoms with Crippen LogP contribution in [0.25, 0.3) is 16.9 Å². The lowest BCUT2D eigenvalue weighted by atomic mass is 10.0. The van der Waals surface area contributed by atoms with Crippen molar-refractivity contribution < 1.29 is 18.0 Å². The highest BCUT2D eigenvalue weighted by Gasteiger charge is 2.36. The molecule has 4 aromatic rings. The van der Waals surface area contributed by atoms with Gasteiger partial charge >= 0.3 is 6.18 Å². The molecule has 0 aliphatic rings. The summed E-state index contributed by atoms with van der Waals surface area (Å²) in [5, 5.41) is 10.7. The smallest absolute Gasteiger partial charge is 0.319 e. The molecule has 0 unspecified atom stereocenters. The number of anilines is 1. The average molecular weight is 456 g/mol. The Morgan fingerprint density at radius 1 is 1.12 bits per heavy atom. The number of carbonyl (C=O) groups excluding carboxylic acids is 1. The van der Waals surface area contributed by atoms with Crippen molar-refractivity contribution in [2.75, 3.05) is 5.32 Å². The van der Waals surface area contributed by atoms with E-state index in [1.807, 2.05) is 32.9 Å². The maximum absolute atomic E-state index is 13.8. The molecule has 10 heteroatoms. The topological polar surface area (TPSA) is 77.1 Å². The zero-order valence-corrected chi connectivity index (χ0v) is 18.6. The number of alkyl halides is 3. The second-order valence-corrected chi connectivity index (χ2v) is 8.01. The van der Waals surface area contributed by atoms with Gasteiger partial charge in [-0.2, -0.15) is 23.4 Å². The fourth-order valence-electron chi connectivity index (χ4n) is 3.59. The van der Waals surface area contributed by atoms with Crippen LogP contribution in [0.2, 0.25) is 0 Å². The van der Waals surface area contributed by atoms with Gasteiger partial charge in [-0.1, -0.05) is 38.1 Å². The van der Waals surface area contributed by atoms with Crippen LogP contribution in [0.1, 0.15) is 54.0 Å². The number of rotatable bonds is 5. The molecule has 0 saturated carbocycles. The minimum absolute atomic E-state index is 0.0650. The molecule has 0 saturated heterocycles. The summed E-state index contributed by atoms with van der Waals surface area (Å²) in [5.41, 5.74) is 1.63. The van der Waals surface area contributed by atoms with Crippen LogP contribution in [0, 0.1) is 6.92 Å². The van der Waals surface area contributed by atoms with Crippen LogP contribution in [0.5, 0.6) is 0 Å². The molecule has 1 amide bonds.